The van der Waals surface area contributed by atoms with Gasteiger partial charge in [0.1, 0.15) is 5.82 Å². The third-order valence-electron chi connectivity index (χ3n) is 5.59. The van der Waals surface area contributed by atoms with E-state index in [9.17, 15) is 0 Å². The van der Waals surface area contributed by atoms with Gasteiger partial charge in [-0.1, -0.05) is 57.0 Å². The average molecular weight is 430 g/mol. The summed E-state index contributed by atoms with van der Waals surface area (Å²) >= 11 is 0. The van der Waals surface area contributed by atoms with Crippen LogP contribution in [0.1, 0.15) is 82.0 Å². The molecule has 0 bridgehead atoms. The molecule has 0 saturated heterocycles. The largest absolute Gasteiger partial charge is 0.366 e. The predicted octanol–water partition coefficient (Wildman–Crippen LogP) is 6.39. The van der Waals surface area contributed by atoms with Crippen LogP contribution in [0.15, 0.2) is 42.6 Å². The monoisotopic (exact) mass is 429 g/mol. The fraction of sp³-hybridized carbons (Fsp3) is 0.444. The van der Waals surface area contributed by atoms with E-state index in [2.05, 4.69) is 48.2 Å². The van der Waals surface area contributed by atoms with Crippen molar-refractivity contribution in [2.75, 3.05) is 5.32 Å². The lowest BCUT2D eigenvalue weighted by atomic mass is 10.0. The van der Waals surface area contributed by atoms with Crippen LogP contribution < -0.4 is 5.32 Å². The number of aromatic nitrogens is 3. The quantitative estimate of drug-likeness (QED) is 0.199. The fourth-order valence-corrected chi connectivity index (χ4v) is 3.78. The molecule has 32 heavy (non-hydrogen) atoms. The van der Waals surface area contributed by atoms with Gasteiger partial charge < -0.3 is 10.7 Å². The predicted molar refractivity (Wildman–Crippen MR) is 133 cm³/mol. The Kier molecular flexibility index (Phi) is 8.86. The standard InChI is InChI=1S/C27H35N5/c1-4-5-6-7-8-9-13-16-23(28)17-24-18-26(29-19-22-14-11-10-12-15-22)32-27(31-24)25(20-30-32)21(2)3/h10-12,14-15,18,20-21,28-29H,6-9,13,16-17,19H2,1-3H3. The summed E-state index contributed by atoms with van der Waals surface area (Å²) in [5.74, 6) is 7.33. The van der Waals surface area contributed by atoms with E-state index in [0.29, 0.717) is 12.3 Å². The second-order valence-corrected chi connectivity index (χ2v) is 8.58. The van der Waals surface area contributed by atoms with Gasteiger partial charge in [0.25, 0.3) is 0 Å². The molecule has 0 atom stereocenters. The maximum absolute atomic E-state index is 8.48. The minimum atomic E-state index is 0.342. The lowest BCUT2D eigenvalue weighted by Crippen LogP contribution is -2.10. The molecule has 0 aliphatic heterocycles. The Labute approximate surface area is 192 Å². The number of hydrogen-bond acceptors (Lipinski definition) is 4. The second kappa shape index (κ2) is 12.0. The van der Waals surface area contributed by atoms with Crippen LogP contribution in [0.25, 0.3) is 5.65 Å². The smallest absolute Gasteiger partial charge is 0.161 e. The number of nitrogens with one attached hydrogen (secondary N) is 2. The number of nitrogens with zero attached hydrogens (tertiary/aromatic N) is 3. The topological polar surface area (TPSA) is 66.1 Å². The molecule has 3 rings (SSSR count). The molecule has 2 aromatic heterocycles. The highest BCUT2D eigenvalue weighted by Gasteiger charge is 2.14. The maximum atomic E-state index is 8.48. The summed E-state index contributed by atoms with van der Waals surface area (Å²) in [6, 6.07) is 12.4. The molecular weight excluding hydrogens is 394 g/mol. The van der Waals surface area contributed by atoms with Crippen LogP contribution >= 0.6 is 0 Å². The Hall–Kier alpha value is -3.13. The van der Waals surface area contributed by atoms with Gasteiger partial charge in [0.05, 0.1) is 11.9 Å². The van der Waals surface area contributed by atoms with E-state index in [-0.39, 0.29) is 0 Å². The summed E-state index contributed by atoms with van der Waals surface area (Å²) in [5, 5.41) is 16.6. The number of rotatable bonds is 12. The van der Waals surface area contributed by atoms with Gasteiger partial charge in [0.15, 0.2) is 5.65 Å². The van der Waals surface area contributed by atoms with E-state index in [1.807, 2.05) is 41.9 Å². The van der Waals surface area contributed by atoms with E-state index in [1.54, 1.807) is 0 Å². The first-order valence-corrected chi connectivity index (χ1v) is 11.7. The lowest BCUT2D eigenvalue weighted by molar-refractivity contribution is 0.661. The number of unbranched alkanes of at least 4 members (excludes halogenated alkanes) is 4. The zero-order valence-electron chi connectivity index (χ0n) is 19.6. The molecule has 0 spiro atoms. The molecule has 5 nitrogen and oxygen atoms in total. The summed E-state index contributed by atoms with van der Waals surface area (Å²) in [6.45, 7) is 6.94. The molecule has 0 aliphatic carbocycles. The first-order valence-electron chi connectivity index (χ1n) is 11.7. The normalized spacial score (nSPS) is 10.9. The van der Waals surface area contributed by atoms with Crippen molar-refractivity contribution in [3.8, 4) is 11.8 Å². The number of fused-ring (bicyclic) bond motifs is 1. The highest BCUT2D eigenvalue weighted by Crippen LogP contribution is 2.23. The minimum absolute atomic E-state index is 0.342. The van der Waals surface area contributed by atoms with E-state index < -0.39 is 0 Å². The number of anilines is 1. The van der Waals surface area contributed by atoms with Gasteiger partial charge in [-0.05, 0) is 37.7 Å². The minimum Gasteiger partial charge on any atom is -0.366 e. The van der Waals surface area contributed by atoms with Gasteiger partial charge in [-0.15, -0.1) is 11.8 Å². The first-order chi connectivity index (χ1) is 15.6. The summed E-state index contributed by atoms with van der Waals surface area (Å²) in [4.78, 5) is 4.89. The molecule has 0 saturated carbocycles. The van der Waals surface area contributed by atoms with Crippen molar-refractivity contribution in [3.05, 3.63) is 59.4 Å². The van der Waals surface area contributed by atoms with Crippen molar-refractivity contribution in [1.82, 2.24) is 14.6 Å². The molecule has 3 aromatic rings. The van der Waals surface area contributed by atoms with Crippen molar-refractivity contribution in [2.45, 2.75) is 78.2 Å². The molecule has 5 heteroatoms. The van der Waals surface area contributed by atoms with Crippen LogP contribution in [0.2, 0.25) is 0 Å². The molecule has 0 fully saturated rings. The summed E-state index contributed by atoms with van der Waals surface area (Å²) in [7, 11) is 0. The Morgan fingerprint density at radius 1 is 1.12 bits per heavy atom. The first kappa shape index (κ1) is 23.5. The summed E-state index contributed by atoms with van der Waals surface area (Å²) in [6.07, 6.45) is 8.87. The zero-order chi connectivity index (χ0) is 22.8. The molecule has 0 unspecified atom stereocenters. The maximum Gasteiger partial charge on any atom is 0.161 e. The van der Waals surface area contributed by atoms with Crippen LogP contribution in [-0.4, -0.2) is 20.3 Å². The molecule has 0 radical (unpaired) electrons. The third-order valence-corrected chi connectivity index (χ3v) is 5.59. The van der Waals surface area contributed by atoms with E-state index in [1.165, 1.54) is 12.0 Å². The van der Waals surface area contributed by atoms with Gasteiger partial charge in [-0.2, -0.15) is 9.61 Å². The van der Waals surface area contributed by atoms with E-state index in [4.69, 9.17) is 10.4 Å². The highest BCUT2D eigenvalue weighted by molar-refractivity contribution is 5.83. The van der Waals surface area contributed by atoms with Gasteiger partial charge >= 0.3 is 0 Å². The molecule has 2 heterocycles. The Balaban J connectivity index is 1.68. The molecular formula is C27H35N5. The molecule has 168 valence electrons. The fourth-order valence-electron chi connectivity index (χ4n) is 3.78. The van der Waals surface area contributed by atoms with Crippen LogP contribution in [0, 0.1) is 17.3 Å². The summed E-state index contributed by atoms with van der Waals surface area (Å²) < 4.78 is 1.89. The summed E-state index contributed by atoms with van der Waals surface area (Å²) in [5.41, 5.74) is 4.91. The molecule has 0 aliphatic rings. The van der Waals surface area contributed by atoms with Crippen LogP contribution in [0.4, 0.5) is 5.82 Å². The van der Waals surface area contributed by atoms with Gasteiger partial charge in [0.2, 0.25) is 0 Å². The van der Waals surface area contributed by atoms with Crippen molar-refractivity contribution < 1.29 is 0 Å². The Morgan fingerprint density at radius 2 is 1.91 bits per heavy atom. The van der Waals surface area contributed by atoms with E-state index in [0.717, 1.165) is 67.1 Å². The van der Waals surface area contributed by atoms with Crippen molar-refractivity contribution >= 4 is 17.2 Å². The van der Waals surface area contributed by atoms with E-state index >= 15 is 0 Å². The van der Waals surface area contributed by atoms with Gasteiger partial charge in [-0.3, -0.25) is 0 Å². The number of benzene rings is 1. The van der Waals surface area contributed by atoms with Crippen LogP contribution in [0.3, 0.4) is 0 Å². The highest BCUT2D eigenvalue weighted by atomic mass is 15.3. The lowest BCUT2D eigenvalue weighted by Gasteiger charge is -2.12. The second-order valence-electron chi connectivity index (χ2n) is 8.58. The van der Waals surface area contributed by atoms with Gasteiger partial charge in [0, 0.05) is 36.7 Å². The molecule has 2 N–H and O–H groups in total. The van der Waals surface area contributed by atoms with Crippen LogP contribution in [0.5, 0.6) is 0 Å². The van der Waals surface area contributed by atoms with Crippen molar-refractivity contribution in [2.24, 2.45) is 0 Å². The Morgan fingerprint density at radius 3 is 2.66 bits per heavy atom. The van der Waals surface area contributed by atoms with Crippen LogP contribution in [-0.2, 0) is 13.0 Å². The Bertz CT molecular complexity index is 1070. The molecule has 1 aromatic carbocycles. The number of hydrogen-bond donors (Lipinski definition) is 2. The molecule has 0 amide bonds. The van der Waals surface area contributed by atoms with Crippen molar-refractivity contribution in [1.29, 1.82) is 5.41 Å². The SMILES string of the molecule is CC#CCCCCCCC(=N)Cc1cc(NCc2ccccc2)n2ncc(C(C)C)c2n1. The van der Waals surface area contributed by atoms with Gasteiger partial charge in [-0.25, -0.2) is 4.98 Å². The average Bonchev–Trinajstić information content (AvgIpc) is 3.22. The zero-order valence-corrected chi connectivity index (χ0v) is 19.6. The third kappa shape index (κ3) is 6.68. The van der Waals surface area contributed by atoms with Crippen molar-refractivity contribution in [3.63, 3.8) is 0 Å².